The minimum absolute atomic E-state index is 0.135. The highest BCUT2D eigenvalue weighted by Gasteiger charge is 2.71. The van der Waals surface area contributed by atoms with Gasteiger partial charge in [-0.05, 0) is 72.9 Å². The molecule has 2 aliphatic rings. The van der Waals surface area contributed by atoms with Gasteiger partial charge in [-0.1, -0.05) is 30.3 Å². The number of carbonyl (C=O) groups excluding carboxylic acids is 1. The van der Waals surface area contributed by atoms with Gasteiger partial charge in [0.15, 0.2) is 0 Å². The number of hydrogen-bond acceptors (Lipinski definition) is 3. The van der Waals surface area contributed by atoms with E-state index >= 15 is 0 Å². The largest absolute Gasteiger partial charge is 0.450 e. The van der Waals surface area contributed by atoms with Crippen LogP contribution in [0.3, 0.4) is 0 Å². The van der Waals surface area contributed by atoms with Crippen molar-refractivity contribution >= 4 is 17.0 Å². The predicted octanol–water partition coefficient (Wildman–Crippen LogP) is 5.60. The molecule has 1 aliphatic carbocycles. The molecule has 34 heavy (non-hydrogen) atoms. The van der Waals surface area contributed by atoms with Gasteiger partial charge in [-0.25, -0.2) is 13.9 Å². The number of aromatic nitrogens is 2. The summed E-state index contributed by atoms with van der Waals surface area (Å²) in [5.74, 6) is 0.446. The molecule has 2 heterocycles. The number of rotatable bonds is 4. The minimum Gasteiger partial charge on any atom is -0.450 e. The van der Waals surface area contributed by atoms with Crippen LogP contribution in [0.2, 0.25) is 0 Å². The van der Waals surface area contributed by atoms with Crippen molar-refractivity contribution in [3.8, 4) is 5.69 Å². The zero-order valence-electron chi connectivity index (χ0n) is 19.2. The lowest BCUT2D eigenvalue weighted by molar-refractivity contribution is 0.110. The Hall–Kier alpha value is -3.67. The van der Waals surface area contributed by atoms with Gasteiger partial charge in [0, 0.05) is 29.8 Å². The summed E-state index contributed by atoms with van der Waals surface area (Å²) in [4.78, 5) is 14.4. The Labute approximate surface area is 197 Å². The van der Waals surface area contributed by atoms with Crippen LogP contribution >= 0.6 is 0 Å². The van der Waals surface area contributed by atoms with Gasteiger partial charge in [0.1, 0.15) is 5.82 Å². The molecule has 6 rings (SSSR count). The lowest BCUT2D eigenvalue weighted by Crippen LogP contribution is -2.35. The Balaban J connectivity index is 1.44. The first-order valence-corrected chi connectivity index (χ1v) is 11.7. The Kier molecular flexibility index (Phi) is 4.73. The number of nitrogens with zero attached hydrogens (tertiary/aromatic N) is 3. The molecule has 0 radical (unpaired) electrons. The molecule has 3 atom stereocenters. The average molecular weight is 456 g/mol. The number of fused-ring (bicyclic) bond motifs is 2. The van der Waals surface area contributed by atoms with Crippen molar-refractivity contribution in [1.29, 1.82) is 0 Å². The summed E-state index contributed by atoms with van der Waals surface area (Å²) in [6.07, 6.45) is 1.63. The molecule has 1 saturated heterocycles. The second-order valence-electron chi connectivity index (χ2n) is 9.37. The standard InChI is InChI=1S/C28H26FN3O2/c1-3-34-27(33)31-16-24-26(19-7-5-4-6-8-19)28(24,17-31)23-14-20-15-30-32(25(20)13-18(23)2)22-11-9-21(29)10-12-22/h4-15,24,26H,3,16-17H2,1-2H3. The van der Waals surface area contributed by atoms with Crippen molar-refractivity contribution in [2.45, 2.75) is 25.2 Å². The number of benzene rings is 3. The summed E-state index contributed by atoms with van der Waals surface area (Å²) >= 11 is 0. The van der Waals surface area contributed by atoms with Gasteiger partial charge >= 0.3 is 6.09 Å². The summed E-state index contributed by atoms with van der Waals surface area (Å²) in [7, 11) is 0. The summed E-state index contributed by atoms with van der Waals surface area (Å²) in [5, 5.41) is 5.63. The van der Waals surface area contributed by atoms with Gasteiger partial charge in [-0.15, -0.1) is 0 Å². The van der Waals surface area contributed by atoms with Crippen LogP contribution in [-0.4, -0.2) is 40.5 Å². The third kappa shape index (κ3) is 3.05. The first-order chi connectivity index (χ1) is 16.5. The van der Waals surface area contributed by atoms with Crippen molar-refractivity contribution in [3.05, 3.63) is 95.4 Å². The van der Waals surface area contributed by atoms with Gasteiger partial charge in [0.25, 0.3) is 0 Å². The molecule has 1 amide bonds. The highest BCUT2D eigenvalue weighted by molar-refractivity contribution is 5.83. The highest BCUT2D eigenvalue weighted by Crippen LogP contribution is 2.69. The van der Waals surface area contributed by atoms with Crippen molar-refractivity contribution in [3.63, 3.8) is 0 Å². The second-order valence-corrected chi connectivity index (χ2v) is 9.37. The molecule has 4 aromatic rings. The fourth-order valence-electron chi connectivity index (χ4n) is 6.08. The van der Waals surface area contributed by atoms with E-state index in [1.54, 1.807) is 12.1 Å². The molecule has 1 aliphatic heterocycles. The van der Waals surface area contributed by atoms with Crippen LogP contribution in [0.5, 0.6) is 0 Å². The zero-order chi connectivity index (χ0) is 23.4. The Bertz CT molecular complexity index is 1380. The van der Waals surface area contributed by atoms with E-state index in [2.05, 4.69) is 48.4 Å². The number of aryl methyl sites for hydroxylation is 1. The van der Waals surface area contributed by atoms with Crippen LogP contribution in [0.4, 0.5) is 9.18 Å². The number of halogens is 1. The number of hydrogen-bond donors (Lipinski definition) is 0. The van der Waals surface area contributed by atoms with E-state index < -0.39 is 0 Å². The van der Waals surface area contributed by atoms with Crippen molar-refractivity contribution in [2.24, 2.45) is 5.92 Å². The Morgan fingerprint density at radius 2 is 1.91 bits per heavy atom. The molecule has 6 heteroatoms. The molecule has 172 valence electrons. The van der Waals surface area contributed by atoms with Gasteiger partial charge in [0.05, 0.1) is 24.0 Å². The van der Waals surface area contributed by atoms with E-state index in [0.29, 0.717) is 31.5 Å². The van der Waals surface area contributed by atoms with Gasteiger partial charge in [0.2, 0.25) is 0 Å². The monoisotopic (exact) mass is 455 g/mol. The Morgan fingerprint density at radius 1 is 1.15 bits per heavy atom. The van der Waals surface area contributed by atoms with Crippen molar-refractivity contribution in [1.82, 2.24) is 14.7 Å². The smallest absolute Gasteiger partial charge is 0.409 e. The maximum atomic E-state index is 13.4. The Morgan fingerprint density at radius 3 is 2.65 bits per heavy atom. The number of carbonyl (C=O) groups is 1. The van der Waals surface area contributed by atoms with Crippen LogP contribution in [0.15, 0.2) is 72.9 Å². The highest BCUT2D eigenvalue weighted by atomic mass is 19.1. The number of ether oxygens (including phenoxy) is 1. The molecule has 3 unspecified atom stereocenters. The number of amides is 1. The molecule has 1 aromatic heterocycles. The molecule has 3 aromatic carbocycles. The van der Waals surface area contributed by atoms with E-state index in [1.807, 2.05) is 28.8 Å². The number of likely N-dealkylation sites (tertiary alicyclic amines) is 1. The predicted molar refractivity (Wildman–Crippen MR) is 129 cm³/mol. The maximum Gasteiger partial charge on any atom is 0.409 e. The lowest BCUT2D eigenvalue weighted by Gasteiger charge is -2.25. The second kappa shape index (κ2) is 7.69. The maximum absolute atomic E-state index is 13.4. The van der Waals surface area contributed by atoms with E-state index in [9.17, 15) is 9.18 Å². The molecular weight excluding hydrogens is 429 g/mol. The van der Waals surface area contributed by atoms with Crippen molar-refractivity contribution in [2.75, 3.05) is 19.7 Å². The summed E-state index contributed by atoms with van der Waals surface area (Å²) < 4.78 is 20.6. The normalized spacial score (nSPS) is 23.2. The first-order valence-electron chi connectivity index (χ1n) is 11.7. The van der Waals surface area contributed by atoms with E-state index in [0.717, 1.165) is 16.6 Å². The quantitative estimate of drug-likeness (QED) is 0.403. The van der Waals surface area contributed by atoms with E-state index in [4.69, 9.17) is 4.74 Å². The number of piperidine rings is 1. The molecule has 0 bridgehead atoms. The fourth-order valence-corrected chi connectivity index (χ4v) is 6.08. The topological polar surface area (TPSA) is 47.4 Å². The lowest BCUT2D eigenvalue weighted by atomic mass is 9.86. The van der Waals surface area contributed by atoms with Gasteiger partial charge in [-0.2, -0.15) is 5.10 Å². The summed E-state index contributed by atoms with van der Waals surface area (Å²) in [6, 6.07) is 21.4. The molecule has 0 spiro atoms. The SMILES string of the molecule is CCOC(=O)N1CC2C(c3ccccc3)C2(c2cc3cnn(-c4ccc(F)cc4)c3cc2C)C1. The zero-order valence-corrected chi connectivity index (χ0v) is 19.2. The van der Waals surface area contributed by atoms with Gasteiger partial charge in [-0.3, -0.25) is 0 Å². The molecule has 0 N–H and O–H groups in total. The fraction of sp³-hybridized carbons (Fsp3) is 0.286. The molecule has 2 fully saturated rings. The van der Waals surface area contributed by atoms with E-state index in [-0.39, 0.29) is 17.3 Å². The van der Waals surface area contributed by atoms with Gasteiger partial charge < -0.3 is 9.64 Å². The summed E-state index contributed by atoms with van der Waals surface area (Å²) in [6.45, 7) is 5.70. The van der Waals surface area contributed by atoms with E-state index in [1.165, 1.54) is 28.8 Å². The van der Waals surface area contributed by atoms with Crippen LogP contribution in [-0.2, 0) is 10.2 Å². The van der Waals surface area contributed by atoms with Crippen LogP contribution in [0.1, 0.15) is 29.5 Å². The molecule has 5 nitrogen and oxygen atoms in total. The molecule has 1 saturated carbocycles. The first kappa shape index (κ1) is 20.9. The van der Waals surface area contributed by atoms with Crippen molar-refractivity contribution < 1.29 is 13.9 Å². The third-order valence-corrected chi connectivity index (χ3v) is 7.55. The minimum atomic E-state index is -0.267. The third-order valence-electron chi connectivity index (χ3n) is 7.55. The molecular formula is C28H26FN3O2. The van der Waals surface area contributed by atoms with Crippen LogP contribution < -0.4 is 0 Å². The van der Waals surface area contributed by atoms with Crippen LogP contribution in [0, 0.1) is 18.7 Å². The average Bonchev–Trinajstić information content (AvgIpc) is 3.11. The van der Waals surface area contributed by atoms with Crippen LogP contribution in [0.25, 0.3) is 16.6 Å². The summed E-state index contributed by atoms with van der Waals surface area (Å²) in [5.41, 5.74) is 5.43.